The van der Waals surface area contributed by atoms with Gasteiger partial charge >= 0.3 is 0 Å². The van der Waals surface area contributed by atoms with Crippen LogP contribution in [-0.4, -0.2) is 20.6 Å². The molecule has 2 aromatic carbocycles. The monoisotopic (exact) mass is 332 g/mol. The Balaban J connectivity index is 2.26. The van der Waals surface area contributed by atoms with Crippen LogP contribution < -0.4 is 10.0 Å². The second-order valence-corrected chi connectivity index (χ2v) is 6.50. The van der Waals surface area contributed by atoms with E-state index in [0.717, 1.165) is 18.4 Å². The molecule has 0 aliphatic heterocycles. The molecule has 2 aromatic rings. The minimum absolute atomic E-state index is 0.101. The van der Waals surface area contributed by atoms with Crippen LogP contribution in [0.1, 0.15) is 15.9 Å². The van der Waals surface area contributed by atoms with Crippen molar-refractivity contribution in [3.63, 3.8) is 0 Å². The fraction of sp³-hybridized carbons (Fsp3) is 0.0625. The maximum atomic E-state index is 13.6. The molecule has 0 radical (unpaired) electrons. The normalized spacial score (nSPS) is 10.7. The van der Waals surface area contributed by atoms with Crippen molar-refractivity contribution < 1.29 is 17.6 Å². The third-order valence-electron chi connectivity index (χ3n) is 2.81. The zero-order valence-electron chi connectivity index (χ0n) is 12.1. The number of halogens is 1. The molecule has 23 heavy (non-hydrogen) atoms. The molecule has 118 valence electrons. The molecule has 5 nitrogen and oxygen atoms in total. The van der Waals surface area contributed by atoms with Gasteiger partial charge in [0.15, 0.2) is 0 Å². The lowest BCUT2D eigenvalue weighted by Crippen LogP contribution is -2.15. The molecule has 0 heterocycles. The van der Waals surface area contributed by atoms with Crippen LogP contribution in [0.2, 0.25) is 0 Å². The molecule has 0 unspecified atom stereocenters. The van der Waals surface area contributed by atoms with Crippen molar-refractivity contribution >= 4 is 27.3 Å². The van der Waals surface area contributed by atoms with E-state index < -0.39 is 21.7 Å². The number of carbonyl (C=O) groups is 1. The molecule has 0 aromatic heterocycles. The van der Waals surface area contributed by atoms with Crippen molar-refractivity contribution in [2.24, 2.45) is 0 Å². The topological polar surface area (TPSA) is 75.3 Å². The van der Waals surface area contributed by atoms with Crippen molar-refractivity contribution in [2.75, 3.05) is 16.3 Å². The molecule has 0 saturated heterocycles. The number of benzene rings is 2. The Hall–Kier alpha value is -2.85. The first-order valence-electron chi connectivity index (χ1n) is 6.44. The number of amides is 1. The van der Waals surface area contributed by atoms with Crippen LogP contribution in [0.5, 0.6) is 0 Å². The van der Waals surface area contributed by atoms with Crippen molar-refractivity contribution in [2.45, 2.75) is 0 Å². The van der Waals surface area contributed by atoms with E-state index in [0.29, 0.717) is 11.3 Å². The summed E-state index contributed by atoms with van der Waals surface area (Å²) in [6, 6.07) is 10.0. The molecule has 2 N–H and O–H groups in total. The summed E-state index contributed by atoms with van der Waals surface area (Å²) in [6.07, 6.45) is 6.18. The van der Waals surface area contributed by atoms with Crippen LogP contribution in [0.25, 0.3) is 0 Å². The number of anilines is 2. The van der Waals surface area contributed by atoms with Gasteiger partial charge in [0.05, 0.1) is 11.9 Å². The number of rotatable bonds is 4. The predicted octanol–water partition coefficient (Wildman–Crippen LogP) is 2.43. The van der Waals surface area contributed by atoms with E-state index in [-0.39, 0.29) is 11.3 Å². The smallest absolute Gasteiger partial charge is 0.255 e. The average Bonchev–Trinajstić information content (AvgIpc) is 2.48. The minimum Gasteiger partial charge on any atom is -0.322 e. The van der Waals surface area contributed by atoms with Gasteiger partial charge in [-0.25, -0.2) is 12.8 Å². The molecular formula is C16H13FN2O3S. The number of hydrogen-bond donors (Lipinski definition) is 2. The highest BCUT2D eigenvalue weighted by Gasteiger charge is 2.13. The van der Waals surface area contributed by atoms with Crippen LogP contribution in [0.4, 0.5) is 15.8 Å². The second kappa shape index (κ2) is 6.50. The molecule has 0 atom stereocenters. The van der Waals surface area contributed by atoms with Gasteiger partial charge in [0.25, 0.3) is 5.91 Å². The van der Waals surface area contributed by atoms with Gasteiger partial charge in [-0.1, -0.05) is 12.0 Å². The Labute approximate surface area is 133 Å². The Kier molecular flexibility index (Phi) is 4.67. The van der Waals surface area contributed by atoms with Gasteiger partial charge in [-0.3, -0.25) is 9.52 Å². The van der Waals surface area contributed by atoms with Crippen LogP contribution in [0.15, 0.2) is 42.5 Å². The first-order chi connectivity index (χ1) is 10.8. The quantitative estimate of drug-likeness (QED) is 0.845. The Morgan fingerprint density at radius 2 is 1.96 bits per heavy atom. The van der Waals surface area contributed by atoms with Crippen molar-refractivity contribution in [1.29, 1.82) is 0 Å². The van der Waals surface area contributed by atoms with E-state index in [2.05, 4.69) is 11.2 Å². The van der Waals surface area contributed by atoms with E-state index in [4.69, 9.17) is 6.42 Å². The molecule has 0 fully saturated rings. The van der Waals surface area contributed by atoms with Crippen molar-refractivity contribution in [3.8, 4) is 12.3 Å². The lowest BCUT2D eigenvalue weighted by molar-refractivity contribution is 0.102. The number of carbonyl (C=O) groups excluding carboxylic acids is 1. The van der Waals surface area contributed by atoms with Gasteiger partial charge in [0, 0.05) is 16.8 Å². The molecule has 1 amide bonds. The fourth-order valence-electron chi connectivity index (χ4n) is 1.83. The van der Waals surface area contributed by atoms with Gasteiger partial charge in [-0.05, 0) is 36.4 Å². The van der Waals surface area contributed by atoms with Gasteiger partial charge in [-0.2, -0.15) is 0 Å². The summed E-state index contributed by atoms with van der Waals surface area (Å²) in [4.78, 5) is 12.2. The number of nitrogens with one attached hydrogen (secondary N) is 2. The molecule has 0 aliphatic carbocycles. The van der Waals surface area contributed by atoms with E-state index in [1.165, 1.54) is 6.07 Å². The average molecular weight is 332 g/mol. The molecule has 0 bridgehead atoms. The zero-order chi connectivity index (χ0) is 17.0. The summed E-state index contributed by atoms with van der Waals surface area (Å²) < 4.78 is 38.0. The molecule has 2 rings (SSSR count). The number of terminal acetylenes is 1. The second-order valence-electron chi connectivity index (χ2n) is 4.75. The van der Waals surface area contributed by atoms with E-state index in [9.17, 15) is 17.6 Å². The van der Waals surface area contributed by atoms with E-state index >= 15 is 0 Å². The standard InChI is InChI=1S/C16H13FN2O3S/c1-3-11-5-4-6-13(9-11)18-16(20)12-7-8-14(17)15(10-12)19-23(2,21)22/h1,4-10,19H,2H3,(H,18,20). The lowest BCUT2D eigenvalue weighted by atomic mass is 10.1. The van der Waals surface area contributed by atoms with Crippen LogP contribution in [-0.2, 0) is 10.0 Å². The molecule has 7 heteroatoms. The Bertz CT molecular complexity index is 902. The minimum atomic E-state index is -3.65. The van der Waals surface area contributed by atoms with Gasteiger partial charge in [0.2, 0.25) is 10.0 Å². The van der Waals surface area contributed by atoms with Gasteiger partial charge < -0.3 is 5.32 Å². The maximum absolute atomic E-state index is 13.6. The SMILES string of the molecule is C#Cc1cccc(NC(=O)c2ccc(F)c(NS(C)(=O)=O)c2)c1. The zero-order valence-corrected chi connectivity index (χ0v) is 12.9. The lowest BCUT2D eigenvalue weighted by Gasteiger charge is -2.09. The summed E-state index contributed by atoms with van der Waals surface area (Å²) in [5.41, 5.74) is 0.884. The predicted molar refractivity (Wildman–Crippen MR) is 87.2 cm³/mol. The third kappa shape index (κ3) is 4.56. The fourth-order valence-corrected chi connectivity index (χ4v) is 2.39. The Morgan fingerprint density at radius 3 is 2.61 bits per heavy atom. The van der Waals surface area contributed by atoms with E-state index in [1.807, 2.05) is 4.72 Å². The van der Waals surface area contributed by atoms with Gasteiger partial charge in [-0.15, -0.1) is 6.42 Å². The third-order valence-corrected chi connectivity index (χ3v) is 3.40. The summed E-state index contributed by atoms with van der Waals surface area (Å²) in [5, 5.41) is 2.61. The van der Waals surface area contributed by atoms with Crippen molar-refractivity contribution in [3.05, 3.63) is 59.4 Å². The maximum Gasteiger partial charge on any atom is 0.255 e. The number of hydrogen-bond acceptors (Lipinski definition) is 3. The van der Waals surface area contributed by atoms with Gasteiger partial charge in [0.1, 0.15) is 5.82 Å². The van der Waals surface area contributed by atoms with Crippen LogP contribution >= 0.6 is 0 Å². The first kappa shape index (κ1) is 16.5. The highest BCUT2D eigenvalue weighted by atomic mass is 32.2. The molecule has 0 spiro atoms. The summed E-state index contributed by atoms with van der Waals surface area (Å²) in [7, 11) is -3.65. The largest absolute Gasteiger partial charge is 0.322 e. The molecular weight excluding hydrogens is 319 g/mol. The summed E-state index contributed by atoms with van der Waals surface area (Å²) in [6.45, 7) is 0. The molecule has 0 saturated carbocycles. The highest BCUT2D eigenvalue weighted by molar-refractivity contribution is 7.92. The van der Waals surface area contributed by atoms with E-state index in [1.54, 1.807) is 24.3 Å². The number of sulfonamides is 1. The Morgan fingerprint density at radius 1 is 1.22 bits per heavy atom. The summed E-state index contributed by atoms with van der Waals surface area (Å²) >= 11 is 0. The highest BCUT2D eigenvalue weighted by Crippen LogP contribution is 2.19. The first-order valence-corrected chi connectivity index (χ1v) is 8.33. The van der Waals surface area contributed by atoms with Crippen LogP contribution in [0, 0.1) is 18.2 Å². The summed E-state index contributed by atoms with van der Waals surface area (Å²) in [5.74, 6) is 1.15. The molecule has 0 aliphatic rings. The van der Waals surface area contributed by atoms with Crippen LogP contribution in [0.3, 0.4) is 0 Å². The van der Waals surface area contributed by atoms with Crippen molar-refractivity contribution in [1.82, 2.24) is 0 Å².